The van der Waals surface area contributed by atoms with Crippen molar-refractivity contribution in [2.75, 3.05) is 18.8 Å². The third kappa shape index (κ3) is 2.61. The number of pyridine rings is 1. The van der Waals surface area contributed by atoms with Crippen LogP contribution in [0.15, 0.2) is 31.0 Å². The van der Waals surface area contributed by atoms with Gasteiger partial charge in [0.15, 0.2) is 0 Å². The minimum absolute atomic E-state index is 0.0396. The molecule has 19 heavy (non-hydrogen) atoms. The number of nitrogens with two attached hydrogens (primary N) is 1. The molecule has 0 aliphatic carbocycles. The van der Waals surface area contributed by atoms with Crippen LogP contribution in [0.5, 0.6) is 0 Å². The van der Waals surface area contributed by atoms with E-state index < -0.39 is 0 Å². The van der Waals surface area contributed by atoms with E-state index in [2.05, 4.69) is 11.6 Å². The molecule has 4 nitrogen and oxygen atoms in total. The SMILES string of the molecule is C=CCN(CCC)C(=O)c1sc2cccnc2c1N. The predicted octanol–water partition coefficient (Wildman–Crippen LogP) is 2.92. The highest BCUT2D eigenvalue weighted by Crippen LogP contribution is 2.32. The molecule has 1 amide bonds. The average molecular weight is 275 g/mol. The van der Waals surface area contributed by atoms with Crippen molar-refractivity contribution in [3.8, 4) is 0 Å². The standard InChI is InChI=1S/C14H17N3OS/c1-3-8-17(9-4-2)14(18)13-11(15)12-10(19-13)6-5-7-16-12/h3,5-7H,1,4,8-9,15H2,2H3. The first kappa shape index (κ1) is 13.5. The molecule has 5 heteroatoms. The van der Waals surface area contributed by atoms with E-state index in [0.717, 1.165) is 11.1 Å². The minimum atomic E-state index is -0.0396. The van der Waals surface area contributed by atoms with Gasteiger partial charge in [0.2, 0.25) is 0 Å². The number of thiophene rings is 1. The van der Waals surface area contributed by atoms with E-state index in [-0.39, 0.29) is 5.91 Å². The maximum absolute atomic E-state index is 12.5. The van der Waals surface area contributed by atoms with Crippen LogP contribution in [0.4, 0.5) is 5.69 Å². The molecule has 0 unspecified atom stereocenters. The highest BCUT2D eigenvalue weighted by atomic mass is 32.1. The van der Waals surface area contributed by atoms with Gasteiger partial charge in [-0.2, -0.15) is 0 Å². The van der Waals surface area contributed by atoms with Gasteiger partial charge in [0.25, 0.3) is 5.91 Å². The molecule has 2 heterocycles. The smallest absolute Gasteiger partial charge is 0.266 e. The molecular weight excluding hydrogens is 258 g/mol. The van der Waals surface area contributed by atoms with Crippen LogP contribution in [0, 0.1) is 0 Å². The number of fused-ring (bicyclic) bond motifs is 1. The lowest BCUT2D eigenvalue weighted by molar-refractivity contribution is 0.0780. The number of carbonyl (C=O) groups excluding carboxylic acids is 1. The monoisotopic (exact) mass is 275 g/mol. The molecule has 0 spiro atoms. The summed E-state index contributed by atoms with van der Waals surface area (Å²) in [5.41, 5.74) is 7.24. The Bertz CT molecular complexity index is 606. The summed E-state index contributed by atoms with van der Waals surface area (Å²) in [5, 5.41) is 0. The lowest BCUT2D eigenvalue weighted by atomic mass is 10.3. The van der Waals surface area contributed by atoms with Crippen LogP contribution in [-0.2, 0) is 0 Å². The lowest BCUT2D eigenvalue weighted by Gasteiger charge is -2.19. The third-order valence-corrected chi connectivity index (χ3v) is 3.95. The number of aromatic nitrogens is 1. The fourth-order valence-corrected chi connectivity index (χ4v) is 3.00. The highest BCUT2D eigenvalue weighted by molar-refractivity contribution is 7.21. The molecule has 2 aromatic heterocycles. The predicted molar refractivity (Wildman–Crippen MR) is 80.4 cm³/mol. The maximum atomic E-state index is 12.5. The van der Waals surface area contributed by atoms with Crippen LogP contribution < -0.4 is 5.73 Å². The molecule has 0 aromatic carbocycles. The second kappa shape index (κ2) is 5.84. The zero-order valence-electron chi connectivity index (χ0n) is 10.9. The Morgan fingerprint density at radius 3 is 3.05 bits per heavy atom. The van der Waals surface area contributed by atoms with Gasteiger partial charge in [0.05, 0.1) is 10.4 Å². The van der Waals surface area contributed by atoms with Crippen LogP contribution in [0.3, 0.4) is 0 Å². The summed E-state index contributed by atoms with van der Waals surface area (Å²) in [6.45, 7) is 6.97. The molecule has 0 atom stereocenters. The third-order valence-electron chi connectivity index (χ3n) is 2.81. The van der Waals surface area contributed by atoms with E-state index in [1.807, 2.05) is 19.1 Å². The average Bonchev–Trinajstić information content (AvgIpc) is 2.76. The highest BCUT2D eigenvalue weighted by Gasteiger charge is 2.21. The fourth-order valence-electron chi connectivity index (χ4n) is 1.95. The van der Waals surface area contributed by atoms with Crippen LogP contribution in [-0.4, -0.2) is 28.9 Å². The van der Waals surface area contributed by atoms with E-state index in [1.54, 1.807) is 17.2 Å². The zero-order chi connectivity index (χ0) is 13.8. The van der Waals surface area contributed by atoms with Crippen molar-refractivity contribution in [2.24, 2.45) is 0 Å². The quantitative estimate of drug-likeness (QED) is 0.853. The zero-order valence-corrected chi connectivity index (χ0v) is 11.7. The van der Waals surface area contributed by atoms with Gasteiger partial charge in [-0.3, -0.25) is 9.78 Å². The number of amides is 1. The number of hydrogen-bond acceptors (Lipinski definition) is 4. The lowest BCUT2D eigenvalue weighted by Crippen LogP contribution is -2.31. The second-order valence-corrected chi connectivity index (χ2v) is 5.29. The topological polar surface area (TPSA) is 59.2 Å². The summed E-state index contributed by atoms with van der Waals surface area (Å²) in [6, 6.07) is 3.78. The van der Waals surface area contributed by atoms with Crippen molar-refractivity contribution in [3.63, 3.8) is 0 Å². The molecule has 100 valence electrons. The van der Waals surface area contributed by atoms with Crippen LogP contribution >= 0.6 is 11.3 Å². The number of anilines is 1. The molecule has 0 saturated heterocycles. The maximum Gasteiger partial charge on any atom is 0.266 e. The number of nitrogens with zero attached hydrogens (tertiary/aromatic N) is 2. The minimum Gasteiger partial charge on any atom is -0.396 e. The summed E-state index contributed by atoms with van der Waals surface area (Å²) in [6.07, 6.45) is 4.32. The Balaban J connectivity index is 2.39. The Kier molecular flexibility index (Phi) is 4.16. The molecule has 2 rings (SSSR count). The molecule has 0 bridgehead atoms. The van der Waals surface area contributed by atoms with Crippen LogP contribution in [0.25, 0.3) is 10.2 Å². The molecule has 2 aromatic rings. The number of nitrogen functional groups attached to an aromatic ring is 1. The van der Waals surface area contributed by atoms with Gasteiger partial charge in [-0.1, -0.05) is 13.0 Å². The van der Waals surface area contributed by atoms with Crippen LogP contribution in [0.1, 0.15) is 23.0 Å². The van der Waals surface area contributed by atoms with E-state index in [9.17, 15) is 4.79 Å². The molecule has 0 aliphatic rings. The van der Waals surface area contributed by atoms with E-state index in [0.29, 0.717) is 29.2 Å². The largest absolute Gasteiger partial charge is 0.396 e. The summed E-state index contributed by atoms with van der Waals surface area (Å²) in [7, 11) is 0. The van der Waals surface area contributed by atoms with Crippen molar-refractivity contribution >= 4 is 33.1 Å². The molecule has 0 fully saturated rings. The van der Waals surface area contributed by atoms with Gasteiger partial charge in [-0.05, 0) is 18.6 Å². The van der Waals surface area contributed by atoms with E-state index >= 15 is 0 Å². The second-order valence-electron chi connectivity index (χ2n) is 4.23. The van der Waals surface area contributed by atoms with Crippen molar-refractivity contribution in [2.45, 2.75) is 13.3 Å². The Labute approximate surface area is 116 Å². The Morgan fingerprint density at radius 1 is 1.63 bits per heavy atom. The summed E-state index contributed by atoms with van der Waals surface area (Å²) < 4.78 is 0.943. The van der Waals surface area contributed by atoms with Gasteiger partial charge in [0.1, 0.15) is 10.4 Å². The first-order valence-corrected chi connectivity index (χ1v) is 7.03. The van der Waals surface area contributed by atoms with Gasteiger partial charge >= 0.3 is 0 Å². The number of rotatable bonds is 5. The fraction of sp³-hybridized carbons (Fsp3) is 0.286. The van der Waals surface area contributed by atoms with Crippen molar-refractivity contribution in [1.29, 1.82) is 0 Å². The number of hydrogen-bond donors (Lipinski definition) is 1. The molecule has 0 aliphatic heterocycles. The number of carbonyl (C=O) groups is 1. The van der Waals surface area contributed by atoms with Crippen molar-refractivity contribution < 1.29 is 4.79 Å². The molecule has 0 saturated carbocycles. The normalized spacial score (nSPS) is 10.6. The van der Waals surface area contributed by atoms with Gasteiger partial charge in [-0.25, -0.2) is 0 Å². The Morgan fingerprint density at radius 2 is 2.42 bits per heavy atom. The van der Waals surface area contributed by atoms with Gasteiger partial charge in [-0.15, -0.1) is 17.9 Å². The van der Waals surface area contributed by atoms with Gasteiger partial charge < -0.3 is 10.6 Å². The van der Waals surface area contributed by atoms with Gasteiger partial charge in [0, 0.05) is 19.3 Å². The van der Waals surface area contributed by atoms with Crippen LogP contribution in [0.2, 0.25) is 0 Å². The Hall–Kier alpha value is -1.88. The van der Waals surface area contributed by atoms with Crippen molar-refractivity contribution in [3.05, 3.63) is 35.9 Å². The molecule has 2 N–H and O–H groups in total. The molecular formula is C14H17N3OS. The first-order chi connectivity index (χ1) is 9.19. The molecule has 0 radical (unpaired) electrons. The van der Waals surface area contributed by atoms with Crippen molar-refractivity contribution in [1.82, 2.24) is 9.88 Å². The summed E-state index contributed by atoms with van der Waals surface area (Å²) >= 11 is 1.40. The van der Waals surface area contributed by atoms with E-state index in [1.165, 1.54) is 11.3 Å². The first-order valence-electron chi connectivity index (χ1n) is 6.22. The summed E-state index contributed by atoms with van der Waals surface area (Å²) in [5.74, 6) is -0.0396. The van der Waals surface area contributed by atoms with E-state index in [4.69, 9.17) is 5.73 Å². The summed E-state index contributed by atoms with van der Waals surface area (Å²) in [4.78, 5) is 19.1.